The normalized spacial score (nSPS) is 11.7. The Bertz CT molecular complexity index is 645. The highest BCUT2D eigenvalue weighted by Gasteiger charge is 2.12. The molecule has 0 aliphatic rings. The number of aliphatic hydroxyl groups excluding tert-OH is 1. The quantitative estimate of drug-likeness (QED) is 0.687. The van der Waals surface area contributed by atoms with Crippen molar-refractivity contribution in [3.8, 4) is 5.75 Å². The van der Waals surface area contributed by atoms with Crippen molar-refractivity contribution < 1.29 is 14.6 Å². The molecular formula is C17H23ClN2O3. The van der Waals surface area contributed by atoms with Crippen molar-refractivity contribution in [3.05, 3.63) is 42.0 Å². The second kappa shape index (κ2) is 9.35. The highest BCUT2D eigenvalue weighted by atomic mass is 35.5. The summed E-state index contributed by atoms with van der Waals surface area (Å²) in [6, 6.07) is 11.8. The topological polar surface area (TPSA) is 84.6 Å². The number of fused-ring (bicyclic) bond motifs is 1. The number of rotatable bonds is 8. The maximum atomic E-state index is 11.0. The number of nitrogens with two attached hydrogens (primary N) is 1. The largest absolute Gasteiger partial charge is 0.483 e. The molecule has 2 aromatic rings. The third-order valence-corrected chi connectivity index (χ3v) is 3.65. The lowest BCUT2D eigenvalue weighted by Gasteiger charge is -2.18. The summed E-state index contributed by atoms with van der Waals surface area (Å²) in [5, 5.41) is 14.8. The maximum absolute atomic E-state index is 11.0. The van der Waals surface area contributed by atoms with Crippen molar-refractivity contribution in [2.75, 3.05) is 13.2 Å². The molecule has 126 valence electrons. The summed E-state index contributed by atoms with van der Waals surface area (Å²) >= 11 is 0. The number of carbonyl (C=O) groups is 1. The van der Waals surface area contributed by atoms with Crippen LogP contribution in [0, 0.1) is 0 Å². The Balaban J connectivity index is 0.00000264. The number of carbonyl (C=O) groups excluding carboxylic acids is 1. The van der Waals surface area contributed by atoms with Crippen molar-refractivity contribution >= 4 is 29.1 Å². The van der Waals surface area contributed by atoms with Crippen LogP contribution < -0.4 is 15.8 Å². The Morgan fingerprint density at radius 3 is 2.70 bits per heavy atom. The van der Waals surface area contributed by atoms with Crippen LogP contribution in [-0.2, 0) is 11.3 Å². The van der Waals surface area contributed by atoms with Gasteiger partial charge < -0.3 is 20.9 Å². The average Bonchev–Trinajstić information content (AvgIpc) is 2.54. The van der Waals surface area contributed by atoms with Crippen LogP contribution in [0.3, 0.4) is 0 Å². The van der Waals surface area contributed by atoms with Gasteiger partial charge in [-0.1, -0.05) is 37.3 Å². The van der Waals surface area contributed by atoms with Crippen LogP contribution in [0.4, 0.5) is 0 Å². The van der Waals surface area contributed by atoms with Gasteiger partial charge in [0, 0.05) is 18.2 Å². The van der Waals surface area contributed by atoms with Crippen LogP contribution in [0.2, 0.25) is 0 Å². The third kappa shape index (κ3) is 5.10. The number of amides is 1. The number of ether oxygens (including phenoxy) is 1. The smallest absolute Gasteiger partial charge is 0.255 e. The first-order valence-corrected chi connectivity index (χ1v) is 7.41. The van der Waals surface area contributed by atoms with Gasteiger partial charge in [0.05, 0.1) is 6.61 Å². The molecule has 1 atom stereocenters. The van der Waals surface area contributed by atoms with Gasteiger partial charge in [0.1, 0.15) is 5.75 Å². The van der Waals surface area contributed by atoms with Gasteiger partial charge in [0.15, 0.2) is 6.61 Å². The molecule has 2 rings (SSSR count). The summed E-state index contributed by atoms with van der Waals surface area (Å²) in [6.07, 6.45) is 0.832. The zero-order chi connectivity index (χ0) is 15.9. The van der Waals surface area contributed by atoms with Gasteiger partial charge in [0.2, 0.25) is 0 Å². The molecule has 0 radical (unpaired) electrons. The second-order valence-electron chi connectivity index (χ2n) is 5.19. The summed E-state index contributed by atoms with van der Waals surface area (Å²) < 4.78 is 5.53. The number of nitrogens with one attached hydrogen (secondary N) is 1. The highest BCUT2D eigenvalue weighted by molar-refractivity contribution is 5.88. The number of benzene rings is 2. The Kier molecular flexibility index (Phi) is 7.81. The summed E-state index contributed by atoms with van der Waals surface area (Å²) in [7, 11) is 0. The van der Waals surface area contributed by atoms with E-state index in [0.717, 1.165) is 22.8 Å². The standard InChI is InChI=1S/C17H22N2O3.ClH/c1-2-13(10-20)19-9-15-14-6-4-3-5-12(14)7-8-16(15)22-11-17(18)21;/h3-8,13,19-20H,2,9-11H2,1H3,(H2,18,21);1H. The van der Waals surface area contributed by atoms with Crippen LogP contribution in [-0.4, -0.2) is 30.3 Å². The lowest BCUT2D eigenvalue weighted by atomic mass is 10.0. The van der Waals surface area contributed by atoms with Crippen LogP contribution >= 0.6 is 12.4 Å². The molecule has 0 saturated carbocycles. The first-order chi connectivity index (χ1) is 10.7. The minimum Gasteiger partial charge on any atom is -0.483 e. The number of aliphatic hydroxyl groups is 1. The van der Waals surface area contributed by atoms with Crippen LogP contribution in [0.25, 0.3) is 10.8 Å². The molecule has 0 fully saturated rings. The van der Waals surface area contributed by atoms with E-state index in [9.17, 15) is 9.90 Å². The molecular weight excluding hydrogens is 316 g/mol. The predicted octanol–water partition coefficient (Wildman–Crippen LogP) is 1.99. The van der Waals surface area contributed by atoms with Crippen LogP contribution in [0.15, 0.2) is 36.4 Å². The zero-order valence-electron chi connectivity index (χ0n) is 13.1. The molecule has 0 bridgehead atoms. The monoisotopic (exact) mass is 338 g/mol. The molecule has 4 N–H and O–H groups in total. The third-order valence-electron chi connectivity index (χ3n) is 3.65. The number of hydrogen-bond donors (Lipinski definition) is 3. The molecule has 5 nitrogen and oxygen atoms in total. The molecule has 2 aromatic carbocycles. The Hall–Kier alpha value is -1.82. The molecule has 1 unspecified atom stereocenters. The molecule has 0 aromatic heterocycles. The van der Waals surface area contributed by atoms with E-state index in [-0.39, 0.29) is 31.7 Å². The summed E-state index contributed by atoms with van der Waals surface area (Å²) in [6.45, 7) is 2.50. The fourth-order valence-electron chi connectivity index (χ4n) is 2.37. The lowest BCUT2D eigenvalue weighted by Crippen LogP contribution is -2.31. The van der Waals surface area contributed by atoms with Crippen molar-refractivity contribution in [2.45, 2.75) is 25.9 Å². The Labute approximate surface area is 142 Å². The van der Waals surface area contributed by atoms with Gasteiger partial charge in [-0.25, -0.2) is 0 Å². The van der Waals surface area contributed by atoms with Crippen molar-refractivity contribution in [1.82, 2.24) is 5.32 Å². The van der Waals surface area contributed by atoms with Crippen LogP contribution in [0.5, 0.6) is 5.75 Å². The van der Waals surface area contributed by atoms with Crippen molar-refractivity contribution in [2.24, 2.45) is 5.73 Å². The Morgan fingerprint density at radius 1 is 1.30 bits per heavy atom. The lowest BCUT2D eigenvalue weighted by molar-refractivity contribution is -0.119. The van der Waals surface area contributed by atoms with Gasteiger partial charge in [-0.3, -0.25) is 4.79 Å². The fourth-order valence-corrected chi connectivity index (χ4v) is 2.37. The maximum Gasteiger partial charge on any atom is 0.255 e. The fraction of sp³-hybridized carbons (Fsp3) is 0.353. The molecule has 0 heterocycles. The number of hydrogen-bond acceptors (Lipinski definition) is 4. The first kappa shape index (κ1) is 19.2. The van der Waals surface area contributed by atoms with Crippen LogP contribution in [0.1, 0.15) is 18.9 Å². The van der Waals surface area contributed by atoms with E-state index in [1.165, 1.54) is 0 Å². The summed E-state index contributed by atoms with van der Waals surface area (Å²) in [5.74, 6) is 0.131. The van der Waals surface area contributed by atoms with Crippen molar-refractivity contribution in [3.63, 3.8) is 0 Å². The zero-order valence-corrected chi connectivity index (χ0v) is 13.9. The number of halogens is 1. The van der Waals surface area contributed by atoms with E-state index < -0.39 is 5.91 Å². The first-order valence-electron chi connectivity index (χ1n) is 7.41. The van der Waals surface area contributed by atoms with Gasteiger partial charge in [-0.05, 0) is 23.3 Å². The molecule has 0 aliphatic carbocycles. The van der Waals surface area contributed by atoms with E-state index in [1.54, 1.807) is 0 Å². The van der Waals surface area contributed by atoms with Gasteiger partial charge >= 0.3 is 0 Å². The van der Waals surface area contributed by atoms with E-state index >= 15 is 0 Å². The van der Waals surface area contributed by atoms with Gasteiger partial charge in [-0.2, -0.15) is 0 Å². The minimum absolute atomic E-state index is 0. The number of primary amides is 1. The molecule has 6 heteroatoms. The molecule has 0 spiro atoms. The molecule has 0 saturated heterocycles. The highest BCUT2D eigenvalue weighted by Crippen LogP contribution is 2.28. The van der Waals surface area contributed by atoms with E-state index in [4.69, 9.17) is 10.5 Å². The SMILES string of the molecule is CCC(CO)NCc1c(OCC(N)=O)ccc2ccccc12.Cl. The minimum atomic E-state index is -0.506. The van der Waals surface area contributed by atoms with Crippen molar-refractivity contribution in [1.29, 1.82) is 0 Å². The second-order valence-corrected chi connectivity index (χ2v) is 5.19. The molecule has 1 amide bonds. The summed E-state index contributed by atoms with van der Waals surface area (Å²) in [4.78, 5) is 11.0. The van der Waals surface area contributed by atoms with Gasteiger partial charge in [-0.15, -0.1) is 12.4 Å². The molecule has 23 heavy (non-hydrogen) atoms. The summed E-state index contributed by atoms with van der Waals surface area (Å²) in [5.41, 5.74) is 6.12. The molecule has 0 aliphatic heterocycles. The van der Waals surface area contributed by atoms with E-state index in [0.29, 0.717) is 12.3 Å². The average molecular weight is 339 g/mol. The Morgan fingerprint density at radius 2 is 2.04 bits per heavy atom. The predicted molar refractivity (Wildman–Crippen MR) is 93.9 cm³/mol. The van der Waals surface area contributed by atoms with Gasteiger partial charge in [0.25, 0.3) is 5.91 Å². The van der Waals surface area contributed by atoms with E-state index in [2.05, 4.69) is 5.32 Å². The van der Waals surface area contributed by atoms with E-state index in [1.807, 2.05) is 43.3 Å².